The van der Waals surface area contributed by atoms with Gasteiger partial charge in [0.2, 0.25) is 5.91 Å². The molecule has 1 aliphatic heterocycles. The normalized spacial score (nSPS) is 16.5. The number of nitrogens with zero attached hydrogens (tertiary/aromatic N) is 4. The third-order valence-electron chi connectivity index (χ3n) is 4.54. The van der Waals surface area contributed by atoms with Crippen LogP contribution in [-0.2, 0) is 10.3 Å². The molecule has 0 saturated carbocycles. The molecule has 1 aromatic carbocycles. The van der Waals surface area contributed by atoms with Crippen molar-refractivity contribution in [2.45, 2.75) is 38.3 Å². The van der Waals surface area contributed by atoms with Crippen LogP contribution in [0.3, 0.4) is 0 Å². The van der Waals surface area contributed by atoms with Crippen LogP contribution in [0.1, 0.15) is 44.0 Å². The number of benzene rings is 1. The smallest absolute Gasteiger partial charge is 0.246 e. The van der Waals surface area contributed by atoms with Crippen molar-refractivity contribution in [3.8, 4) is 0 Å². The van der Waals surface area contributed by atoms with Gasteiger partial charge in [0.05, 0.1) is 17.8 Å². The van der Waals surface area contributed by atoms with Crippen LogP contribution in [0.25, 0.3) is 6.08 Å². The highest BCUT2D eigenvalue weighted by molar-refractivity contribution is 5.91. The van der Waals surface area contributed by atoms with Crippen molar-refractivity contribution < 1.29 is 4.79 Å². The average Bonchev–Trinajstić information content (AvgIpc) is 3.11. The summed E-state index contributed by atoms with van der Waals surface area (Å²) in [4.78, 5) is 14.2. The quantitative estimate of drug-likeness (QED) is 0.868. The van der Waals surface area contributed by atoms with Crippen LogP contribution in [0.2, 0.25) is 0 Å². The molecule has 0 spiro atoms. The SMILES string of the molecule is CC(C)(N)c1cn(C2CCN(C(=O)/C=C/c3ccccc3)CC2)nn1. The van der Waals surface area contributed by atoms with Crippen LogP contribution in [0, 0.1) is 0 Å². The van der Waals surface area contributed by atoms with Crippen molar-refractivity contribution in [3.63, 3.8) is 0 Å². The average molecular weight is 339 g/mol. The standard InChI is InChI=1S/C19H25N5O/c1-19(2,20)17-14-24(22-21-17)16-10-12-23(13-11-16)18(25)9-8-15-6-4-3-5-7-15/h3-9,14,16H,10-13,20H2,1-2H3/b9-8+. The molecule has 1 aliphatic rings. The maximum Gasteiger partial charge on any atom is 0.246 e. The molecule has 2 heterocycles. The van der Waals surface area contributed by atoms with Crippen molar-refractivity contribution in [1.29, 1.82) is 0 Å². The number of hydrogen-bond donors (Lipinski definition) is 1. The topological polar surface area (TPSA) is 77.0 Å². The van der Waals surface area contributed by atoms with Gasteiger partial charge in [-0.25, -0.2) is 4.68 Å². The first kappa shape index (κ1) is 17.4. The van der Waals surface area contributed by atoms with Gasteiger partial charge in [0.25, 0.3) is 0 Å². The van der Waals surface area contributed by atoms with Crippen molar-refractivity contribution in [2.24, 2.45) is 5.73 Å². The zero-order valence-electron chi connectivity index (χ0n) is 14.8. The molecule has 1 aromatic heterocycles. The fourth-order valence-electron chi connectivity index (χ4n) is 2.94. The number of carbonyl (C=O) groups is 1. The Morgan fingerprint density at radius 1 is 1.24 bits per heavy atom. The third-order valence-corrected chi connectivity index (χ3v) is 4.54. The molecular formula is C19H25N5O. The van der Waals surface area contributed by atoms with E-state index >= 15 is 0 Å². The number of nitrogens with two attached hydrogens (primary N) is 1. The van der Waals surface area contributed by atoms with Crippen LogP contribution in [-0.4, -0.2) is 38.9 Å². The molecule has 6 heteroatoms. The van der Waals surface area contributed by atoms with Gasteiger partial charge in [-0.2, -0.15) is 0 Å². The van der Waals surface area contributed by atoms with E-state index in [1.807, 2.05) is 66.0 Å². The van der Waals surface area contributed by atoms with Gasteiger partial charge in [-0.15, -0.1) is 5.10 Å². The molecule has 1 saturated heterocycles. The second-order valence-electron chi connectivity index (χ2n) is 7.11. The lowest BCUT2D eigenvalue weighted by atomic mass is 10.0. The van der Waals surface area contributed by atoms with Gasteiger partial charge >= 0.3 is 0 Å². The highest BCUT2D eigenvalue weighted by Gasteiger charge is 2.25. The number of hydrogen-bond acceptors (Lipinski definition) is 4. The molecule has 0 aliphatic carbocycles. The first-order chi connectivity index (χ1) is 11.9. The van der Waals surface area contributed by atoms with E-state index in [1.54, 1.807) is 6.08 Å². The largest absolute Gasteiger partial charge is 0.339 e. The number of rotatable bonds is 4. The van der Waals surface area contributed by atoms with Crippen molar-refractivity contribution >= 4 is 12.0 Å². The summed E-state index contributed by atoms with van der Waals surface area (Å²) < 4.78 is 1.89. The van der Waals surface area contributed by atoms with E-state index in [9.17, 15) is 4.79 Å². The van der Waals surface area contributed by atoms with Crippen LogP contribution in [0.5, 0.6) is 0 Å². The van der Waals surface area contributed by atoms with Crippen LogP contribution in [0.4, 0.5) is 0 Å². The van der Waals surface area contributed by atoms with E-state index < -0.39 is 5.54 Å². The summed E-state index contributed by atoms with van der Waals surface area (Å²) in [7, 11) is 0. The number of piperidine rings is 1. The minimum Gasteiger partial charge on any atom is -0.339 e. The third kappa shape index (κ3) is 4.33. The Bertz CT molecular complexity index is 737. The second-order valence-corrected chi connectivity index (χ2v) is 7.11. The maximum absolute atomic E-state index is 12.3. The Morgan fingerprint density at radius 2 is 1.92 bits per heavy atom. The van der Waals surface area contributed by atoms with E-state index in [0.717, 1.165) is 37.2 Å². The van der Waals surface area contributed by atoms with Crippen molar-refractivity contribution in [2.75, 3.05) is 13.1 Å². The minimum absolute atomic E-state index is 0.0599. The van der Waals surface area contributed by atoms with Gasteiger partial charge in [0.15, 0.2) is 0 Å². The van der Waals surface area contributed by atoms with Crippen LogP contribution in [0.15, 0.2) is 42.6 Å². The van der Waals surface area contributed by atoms with Gasteiger partial charge in [-0.3, -0.25) is 4.79 Å². The summed E-state index contributed by atoms with van der Waals surface area (Å²) in [6.45, 7) is 5.29. The minimum atomic E-state index is -0.489. The molecule has 0 bridgehead atoms. The number of aromatic nitrogens is 3. The predicted octanol–water partition coefficient (Wildman–Crippen LogP) is 2.35. The lowest BCUT2D eigenvalue weighted by Crippen LogP contribution is -2.38. The lowest BCUT2D eigenvalue weighted by molar-refractivity contribution is -0.127. The molecule has 6 nitrogen and oxygen atoms in total. The van der Waals surface area contributed by atoms with Crippen molar-refractivity contribution in [3.05, 3.63) is 53.9 Å². The Hall–Kier alpha value is -2.47. The van der Waals surface area contributed by atoms with Gasteiger partial charge in [0, 0.05) is 19.2 Å². The fraction of sp³-hybridized carbons (Fsp3) is 0.421. The van der Waals surface area contributed by atoms with Gasteiger partial charge in [0.1, 0.15) is 5.69 Å². The number of carbonyl (C=O) groups excluding carboxylic acids is 1. The van der Waals surface area contributed by atoms with E-state index in [2.05, 4.69) is 10.3 Å². The molecule has 0 atom stereocenters. The fourth-order valence-corrected chi connectivity index (χ4v) is 2.94. The predicted molar refractivity (Wildman–Crippen MR) is 97.6 cm³/mol. The Balaban J connectivity index is 1.55. The Kier molecular flexibility index (Phi) is 4.99. The van der Waals surface area contributed by atoms with E-state index in [0.29, 0.717) is 0 Å². The summed E-state index contributed by atoms with van der Waals surface area (Å²) in [5.41, 5.74) is 7.40. The molecule has 132 valence electrons. The maximum atomic E-state index is 12.3. The summed E-state index contributed by atoms with van der Waals surface area (Å²) >= 11 is 0. The van der Waals surface area contributed by atoms with E-state index in [1.165, 1.54) is 0 Å². The van der Waals surface area contributed by atoms with Crippen LogP contribution >= 0.6 is 0 Å². The lowest BCUT2D eigenvalue weighted by Gasteiger charge is -2.31. The zero-order valence-corrected chi connectivity index (χ0v) is 14.8. The molecule has 2 N–H and O–H groups in total. The van der Waals surface area contributed by atoms with Gasteiger partial charge in [-0.05, 0) is 38.3 Å². The number of amides is 1. The second kappa shape index (κ2) is 7.19. The molecule has 0 unspecified atom stereocenters. The highest BCUT2D eigenvalue weighted by Crippen LogP contribution is 2.23. The Morgan fingerprint density at radius 3 is 2.52 bits per heavy atom. The summed E-state index contributed by atoms with van der Waals surface area (Å²) in [6, 6.07) is 10.1. The number of likely N-dealkylation sites (tertiary alicyclic amines) is 1. The first-order valence-electron chi connectivity index (χ1n) is 8.67. The summed E-state index contributed by atoms with van der Waals surface area (Å²) in [6.07, 6.45) is 7.19. The molecule has 2 aromatic rings. The molecule has 3 rings (SSSR count). The van der Waals surface area contributed by atoms with Crippen molar-refractivity contribution in [1.82, 2.24) is 19.9 Å². The molecule has 0 radical (unpaired) electrons. The van der Waals surface area contributed by atoms with Gasteiger partial charge in [-0.1, -0.05) is 35.5 Å². The summed E-state index contributed by atoms with van der Waals surface area (Å²) in [5, 5.41) is 8.40. The first-order valence-corrected chi connectivity index (χ1v) is 8.67. The summed E-state index contributed by atoms with van der Waals surface area (Å²) in [5.74, 6) is 0.0599. The molecule has 1 amide bonds. The monoisotopic (exact) mass is 339 g/mol. The highest BCUT2D eigenvalue weighted by atomic mass is 16.2. The zero-order chi connectivity index (χ0) is 17.9. The molecule has 25 heavy (non-hydrogen) atoms. The molecule has 1 fully saturated rings. The van der Waals surface area contributed by atoms with E-state index in [4.69, 9.17) is 5.73 Å². The molecular weight excluding hydrogens is 314 g/mol. The Labute approximate surface area is 148 Å². The van der Waals surface area contributed by atoms with Crippen LogP contribution < -0.4 is 5.73 Å². The van der Waals surface area contributed by atoms with Gasteiger partial charge < -0.3 is 10.6 Å². The van der Waals surface area contributed by atoms with E-state index in [-0.39, 0.29) is 11.9 Å².